The van der Waals surface area contributed by atoms with Crippen molar-refractivity contribution in [2.24, 2.45) is 5.92 Å². The Morgan fingerprint density at radius 1 is 0.931 bits per heavy atom. The second-order valence-corrected chi connectivity index (χ2v) is 8.56. The summed E-state index contributed by atoms with van der Waals surface area (Å²) >= 11 is 0. The third kappa shape index (κ3) is 4.46. The maximum absolute atomic E-state index is 12.9. The van der Waals surface area contributed by atoms with Crippen molar-refractivity contribution in [2.45, 2.75) is 70.4 Å². The molecule has 4 rings (SSSR count). The zero-order chi connectivity index (χ0) is 20.2. The average Bonchev–Trinajstić information content (AvgIpc) is 3.42. The molecule has 156 valence electrons. The minimum Gasteiger partial charge on any atom is -0.350 e. The lowest BCUT2D eigenvalue weighted by Crippen LogP contribution is -2.47. The fourth-order valence-electron chi connectivity index (χ4n) is 4.91. The van der Waals surface area contributed by atoms with Crippen LogP contribution in [0.4, 0.5) is 5.69 Å². The van der Waals surface area contributed by atoms with Gasteiger partial charge in [0.2, 0.25) is 17.7 Å². The van der Waals surface area contributed by atoms with E-state index in [1.54, 1.807) is 0 Å². The van der Waals surface area contributed by atoms with Crippen molar-refractivity contribution in [1.82, 2.24) is 10.2 Å². The molecule has 3 amide bonds. The van der Waals surface area contributed by atoms with Crippen molar-refractivity contribution in [1.29, 1.82) is 0 Å². The second-order valence-electron chi connectivity index (χ2n) is 8.56. The van der Waals surface area contributed by atoms with E-state index < -0.39 is 0 Å². The number of hydrogen-bond acceptors (Lipinski definition) is 3. The Morgan fingerprint density at radius 2 is 1.69 bits per heavy atom. The lowest BCUT2D eigenvalue weighted by molar-refractivity contribution is -0.142. The molecule has 0 bridgehead atoms. The fraction of sp³-hybridized carbons (Fsp3) is 0.609. The smallest absolute Gasteiger partial charge is 0.243 e. The standard InChI is InChI=1S/C23H31N3O3/c27-21-9-5-14-25(21)19-12-10-17(11-13-19)16-24-22(28)20-8-4-15-26(20)23(29)18-6-2-1-3-7-18/h10-13,18,20H,1-9,14-16H2,(H,24,28)/t20-/m1/s1. The highest BCUT2D eigenvalue weighted by Gasteiger charge is 2.37. The van der Waals surface area contributed by atoms with E-state index in [-0.39, 0.29) is 29.7 Å². The molecule has 1 atom stereocenters. The number of amides is 3. The van der Waals surface area contributed by atoms with Gasteiger partial charge in [0.25, 0.3) is 0 Å². The van der Waals surface area contributed by atoms with Gasteiger partial charge in [0, 0.05) is 37.7 Å². The van der Waals surface area contributed by atoms with Crippen LogP contribution in [0.25, 0.3) is 0 Å². The number of hydrogen-bond donors (Lipinski definition) is 1. The summed E-state index contributed by atoms with van der Waals surface area (Å²) in [6, 6.07) is 7.48. The van der Waals surface area contributed by atoms with Gasteiger partial charge in [-0.2, -0.15) is 0 Å². The Kier molecular flexibility index (Phi) is 6.16. The Morgan fingerprint density at radius 3 is 2.38 bits per heavy atom. The van der Waals surface area contributed by atoms with Gasteiger partial charge < -0.3 is 15.1 Å². The van der Waals surface area contributed by atoms with E-state index in [1.165, 1.54) is 6.42 Å². The molecular formula is C23H31N3O3. The van der Waals surface area contributed by atoms with Crippen LogP contribution in [0.15, 0.2) is 24.3 Å². The molecule has 3 fully saturated rings. The van der Waals surface area contributed by atoms with Crippen LogP contribution < -0.4 is 10.2 Å². The molecule has 2 saturated heterocycles. The van der Waals surface area contributed by atoms with Crippen molar-refractivity contribution in [3.05, 3.63) is 29.8 Å². The van der Waals surface area contributed by atoms with Gasteiger partial charge in [-0.3, -0.25) is 14.4 Å². The first kappa shape index (κ1) is 19.9. The van der Waals surface area contributed by atoms with Gasteiger partial charge >= 0.3 is 0 Å². The first-order valence-corrected chi connectivity index (χ1v) is 11.1. The van der Waals surface area contributed by atoms with E-state index in [9.17, 15) is 14.4 Å². The lowest BCUT2D eigenvalue weighted by atomic mass is 9.88. The summed E-state index contributed by atoms with van der Waals surface area (Å²) in [6.07, 6.45) is 8.59. The number of nitrogens with one attached hydrogen (secondary N) is 1. The number of benzene rings is 1. The van der Waals surface area contributed by atoms with Gasteiger partial charge in [-0.15, -0.1) is 0 Å². The molecular weight excluding hydrogens is 366 g/mol. The van der Waals surface area contributed by atoms with Crippen molar-refractivity contribution >= 4 is 23.4 Å². The number of nitrogens with zero attached hydrogens (tertiary/aromatic N) is 2. The second kappa shape index (κ2) is 8.97. The Balaban J connectivity index is 1.31. The highest BCUT2D eigenvalue weighted by Crippen LogP contribution is 2.29. The fourth-order valence-corrected chi connectivity index (χ4v) is 4.91. The van der Waals surface area contributed by atoms with Gasteiger partial charge in [0.05, 0.1) is 0 Å². The number of carbonyl (C=O) groups is 3. The van der Waals surface area contributed by atoms with Crippen LogP contribution in [0, 0.1) is 5.92 Å². The molecule has 1 saturated carbocycles. The maximum atomic E-state index is 12.9. The Bertz CT molecular complexity index is 755. The zero-order valence-corrected chi connectivity index (χ0v) is 17.1. The van der Waals surface area contributed by atoms with Gasteiger partial charge in [0.15, 0.2) is 0 Å². The third-order valence-electron chi connectivity index (χ3n) is 6.58. The summed E-state index contributed by atoms with van der Waals surface area (Å²) in [4.78, 5) is 41.2. The molecule has 2 heterocycles. The first-order chi connectivity index (χ1) is 14.1. The maximum Gasteiger partial charge on any atom is 0.243 e. The molecule has 1 aromatic carbocycles. The quantitative estimate of drug-likeness (QED) is 0.830. The van der Waals surface area contributed by atoms with Crippen molar-refractivity contribution in [3.8, 4) is 0 Å². The molecule has 6 heteroatoms. The van der Waals surface area contributed by atoms with Crippen LogP contribution in [0.5, 0.6) is 0 Å². The van der Waals surface area contributed by atoms with Crippen LogP contribution in [-0.2, 0) is 20.9 Å². The molecule has 0 aromatic heterocycles. The summed E-state index contributed by atoms with van der Waals surface area (Å²) in [7, 11) is 0. The summed E-state index contributed by atoms with van der Waals surface area (Å²) in [5.74, 6) is 0.417. The van der Waals surface area contributed by atoms with E-state index in [1.807, 2.05) is 34.1 Å². The van der Waals surface area contributed by atoms with E-state index in [0.717, 1.165) is 62.7 Å². The van der Waals surface area contributed by atoms with E-state index in [4.69, 9.17) is 0 Å². The minimum atomic E-state index is -0.328. The number of likely N-dealkylation sites (tertiary alicyclic amines) is 1. The third-order valence-corrected chi connectivity index (χ3v) is 6.58. The molecule has 29 heavy (non-hydrogen) atoms. The normalized spacial score (nSPS) is 22.9. The topological polar surface area (TPSA) is 69.7 Å². The molecule has 3 aliphatic rings. The Hall–Kier alpha value is -2.37. The largest absolute Gasteiger partial charge is 0.350 e. The summed E-state index contributed by atoms with van der Waals surface area (Å²) < 4.78 is 0. The van der Waals surface area contributed by atoms with Gasteiger partial charge in [-0.05, 0) is 49.8 Å². The number of anilines is 1. The molecule has 0 radical (unpaired) electrons. The zero-order valence-electron chi connectivity index (χ0n) is 17.1. The number of rotatable bonds is 5. The number of carbonyl (C=O) groups excluding carboxylic acids is 3. The van der Waals surface area contributed by atoms with Crippen molar-refractivity contribution in [2.75, 3.05) is 18.0 Å². The molecule has 1 N–H and O–H groups in total. The van der Waals surface area contributed by atoms with E-state index >= 15 is 0 Å². The van der Waals surface area contributed by atoms with Gasteiger partial charge in [-0.25, -0.2) is 0 Å². The predicted molar refractivity (Wildman–Crippen MR) is 111 cm³/mol. The van der Waals surface area contributed by atoms with Crippen LogP contribution in [0.3, 0.4) is 0 Å². The molecule has 2 aliphatic heterocycles. The van der Waals surface area contributed by atoms with Gasteiger partial charge in [-0.1, -0.05) is 31.4 Å². The van der Waals surface area contributed by atoms with Crippen molar-refractivity contribution in [3.63, 3.8) is 0 Å². The summed E-state index contributed by atoms with van der Waals surface area (Å²) in [5.41, 5.74) is 1.92. The highest BCUT2D eigenvalue weighted by atomic mass is 16.2. The van der Waals surface area contributed by atoms with Crippen molar-refractivity contribution < 1.29 is 14.4 Å². The Labute approximate surface area is 172 Å². The molecule has 6 nitrogen and oxygen atoms in total. The first-order valence-electron chi connectivity index (χ1n) is 11.1. The predicted octanol–water partition coefficient (Wildman–Crippen LogP) is 3.00. The van der Waals surface area contributed by atoms with Crippen LogP contribution in [-0.4, -0.2) is 41.8 Å². The van der Waals surface area contributed by atoms with E-state index in [0.29, 0.717) is 19.5 Å². The molecule has 0 unspecified atom stereocenters. The van der Waals surface area contributed by atoms with Crippen LogP contribution >= 0.6 is 0 Å². The summed E-state index contributed by atoms with van der Waals surface area (Å²) in [5, 5.41) is 3.01. The van der Waals surface area contributed by atoms with Crippen LogP contribution in [0.2, 0.25) is 0 Å². The monoisotopic (exact) mass is 397 g/mol. The minimum absolute atomic E-state index is 0.0505. The van der Waals surface area contributed by atoms with Gasteiger partial charge in [0.1, 0.15) is 6.04 Å². The molecule has 1 aromatic rings. The molecule has 0 spiro atoms. The SMILES string of the molecule is O=C(NCc1ccc(N2CCCC2=O)cc1)[C@H]1CCCN1C(=O)C1CCCCC1. The van der Waals surface area contributed by atoms with Crippen LogP contribution in [0.1, 0.15) is 63.4 Å². The average molecular weight is 398 g/mol. The molecule has 1 aliphatic carbocycles. The summed E-state index contributed by atoms with van der Waals surface area (Å²) in [6.45, 7) is 1.92. The lowest BCUT2D eigenvalue weighted by Gasteiger charge is -2.30. The highest BCUT2D eigenvalue weighted by molar-refractivity contribution is 5.95. The van der Waals surface area contributed by atoms with E-state index in [2.05, 4.69) is 5.32 Å².